The van der Waals surface area contributed by atoms with E-state index >= 15 is 0 Å². The average molecular weight is 223 g/mol. The summed E-state index contributed by atoms with van der Waals surface area (Å²) in [6.45, 7) is 4.69. The molecular formula is C12H21N3O. The predicted octanol–water partition coefficient (Wildman–Crippen LogP) is 1.84. The van der Waals surface area contributed by atoms with Crippen molar-refractivity contribution in [1.82, 2.24) is 9.88 Å². The van der Waals surface area contributed by atoms with Crippen LogP contribution in [0.4, 0.5) is 5.69 Å². The summed E-state index contributed by atoms with van der Waals surface area (Å²) in [6, 6.07) is 1.98. The molecule has 0 unspecified atom stereocenters. The summed E-state index contributed by atoms with van der Waals surface area (Å²) >= 11 is 0. The zero-order valence-corrected chi connectivity index (χ0v) is 10.4. The van der Waals surface area contributed by atoms with E-state index in [9.17, 15) is 0 Å². The summed E-state index contributed by atoms with van der Waals surface area (Å²) in [6.07, 6.45) is 4.66. The van der Waals surface area contributed by atoms with Crippen LogP contribution in [0.25, 0.3) is 0 Å². The Kier molecular flexibility index (Phi) is 5.64. The third-order valence-corrected chi connectivity index (χ3v) is 2.10. The zero-order valence-electron chi connectivity index (χ0n) is 10.4. The Hall–Kier alpha value is -1.29. The highest BCUT2D eigenvalue weighted by atomic mass is 16.5. The molecule has 0 aliphatic heterocycles. The molecule has 16 heavy (non-hydrogen) atoms. The largest absolute Gasteiger partial charge is 0.491 e. The van der Waals surface area contributed by atoms with Crippen molar-refractivity contribution in [2.24, 2.45) is 0 Å². The van der Waals surface area contributed by atoms with Crippen molar-refractivity contribution in [3.8, 4) is 5.75 Å². The van der Waals surface area contributed by atoms with E-state index in [1.54, 1.807) is 6.20 Å². The number of nitrogens with one attached hydrogen (secondary N) is 1. The fourth-order valence-corrected chi connectivity index (χ4v) is 1.21. The highest BCUT2D eigenvalue weighted by Crippen LogP contribution is 2.14. The molecule has 0 saturated carbocycles. The molecule has 1 rings (SSSR count). The van der Waals surface area contributed by atoms with E-state index in [1.807, 2.05) is 26.4 Å². The van der Waals surface area contributed by atoms with Crippen molar-refractivity contribution in [3.05, 3.63) is 18.5 Å². The van der Waals surface area contributed by atoms with Gasteiger partial charge in [-0.2, -0.15) is 0 Å². The lowest BCUT2D eigenvalue weighted by Gasteiger charge is -2.11. The molecule has 1 N–H and O–H groups in total. The first-order valence-corrected chi connectivity index (χ1v) is 5.69. The lowest BCUT2D eigenvalue weighted by atomic mass is 10.4. The molecule has 0 spiro atoms. The monoisotopic (exact) mass is 223 g/mol. The highest BCUT2D eigenvalue weighted by Gasteiger charge is 1.97. The first-order valence-electron chi connectivity index (χ1n) is 5.69. The van der Waals surface area contributed by atoms with Crippen LogP contribution in [-0.2, 0) is 0 Å². The normalized spacial score (nSPS) is 10.5. The summed E-state index contributed by atoms with van der Waals surface area (Å²) in [5.41, 5.74) is 1.02. The molecule has 0 saturated heterocycles. The van der Waals surface area contributed by atoms with Gasteiger partial charge in [0.2, 0.25) is 0 Å². The number of ether oxygens (including phenoxy) is 1. The number of likely N-dealkylation sites (N-methyl/N-ethyl adjacent to an activating group) is 1. The second kappa shape index (κ2) is 7.06. The average Bonchev–Trinajstić information content (AvgIpc) is 2.26. The van der Waals surface area contributed by atoms with Crippen LogP contribution >= 0.6 is 0 Å². The topological polar surface area (TPSA) is 37.4 Å². The maximum Gasteiger partial charge on any atom is 0.139 e. The van der Waals surface area contributed by atoms with E-state index in [0.29, 0.717) is 6.61 Å². The Morgan fingerprint density at radius 1 is 1.38 bits per heavy atom. The van der Waals surface area contributed by atoms with E-state index in [4.69, 9.17) is 4.74 Å². The van der Waals surface area contributed by atoms with Gasteiger partial charge in [0.15, 0.2) is 0 Å². The van der Waals surface area contributed by atoms with Crippen LogP contribution in [0.3, 0.4) is 0 Å². The second-order valence-corrected chi connectivity index (χ2v) is 3.99. The van der Waals surface area contributed by atoms with Gasteiger partial charge in [0.25, 0.3) is 0 Å². The molecule has 0 aliphatic carbocycles. The van der Waals surface area contributed by atoms with Crippen molar-refractivity contribution < 1.29 is 4.74 Å². The van der Waals surface area contributed by atoms with Gasteiger partial charge in [-0.1, -0.05) is 6.92 Å². The molecule has 1 aromatic heterocycles. The number of anilines is 1. The minimum atomic E-state index is 0.686. The van der Waals surface area contributed by atoms with Crippen LogP contribution in [0.15, 0.2) is 18.5 Å². The standard InChI is InChI=1S/C12H21N3O/c1-4-5-14-11-8-12(10-13-9-11)16-7-6-15(2)3/h8-10,14H,4-7H2,1-3H3. The minimum absolute atomic E-state index is 0.686. The van der Waals surface area contributed by atoms with Crippen molar-refractivity contribution in [2.75, 3.05) is 39.1 Å². The van der Waals surface area contributed by atoms with Crippen molar-refractivity contribution in [3.63, 3.8) is 0 Å². The van der Waals surface area contributed by atoms with Gasteiger partial charge in [-0.25, -0.2) is 0 Å². The Labute approximate surface area is 97.6 Å². The molecule has 0 amide bonds. The molecule has 1 aromatic rings. The van der Waals surface area contributed by atoms with Crippen LogP contribution in [0, 0.1) is 0 Å². The predicted molar refractivity (Wildman–Crippen MR) is 67.1 cm³/mol. The summed E-state index contributed by atoms with van der Waals surface area (Å²) < 4.78 is 5.59. The maximum absolute atomic E-state index is 5.59. The first kappa shape index (κ1) is 12.8. The molecule has 0 fully saturated rings. The van der Waals surface area contributed by atoms with E-state index < -0.39 is 0 Å². The van der Waals surface area contributed by atoms with E-state index in [0.717, 1.165) is 30.9 Å². The molecule has 0 aromatic carbocycles. The number of aromatic nitrogens is 1. The molecule has 0 atom stereocenters. The molecule has 4 heteroatoms. The number of nitrogens with zero attached hydrogens (tertiary/aromatic N) is 2. The van der Waals surface area contributed by atoms with Gasteiger partial charge >= 0.3 is 0 Å². The molecule has 0 aliphatic rings. The van der Waals surface area contributed by atoms with E-state index in [1.165, 1.54) is 0 Å². The highest BCUT2D eigenvalue weighted by molar-refractivity contribution is 5.44. The minimum Gasteiger partial charge on any atom is -0.491 e. The molecule has 90 valence electrons. The van der Waals surface area contributed by atoms with Crippen molar-refractivity contribution >= 4 is 5.69 Å². The Balaban J connectivity index is 2.40. The van der Waals surface area contributed by atoms with Crippen LogP contribution in [0.1, 0.15) is 13.3 Å². The molecule has 0 bridgehead atoms. The third-order valence-electron chi connectivity index (χ3n) is 2.10. The summed E-state index contributed by atoms with van der Waals surface area (Å²) in [5, 5.41) is 3.28. The van der Waals surface area contributed by atoms with E-state index in [-0.39, 0.29) is 0 Å². The fraction of sp³-hybridized carbons (Fsp3) is 0.583. The molecular weight excluding hydrogens is 202 g/mol. The zero-order chi connectivity index (χ0) is 11.8. The van der Waals surface area contributed by atoms with Gasteiger partial charge < -0.3 is 15.0 Å². The fourth-order valence-electron chi connectivity index (χ4n) is 1.21. The van der Waals surface area contributed by atoms with Gasteiger partial charge in [-0.15, -0.1) is 0 Å². The van der Waals surface area contributed by atoms with Crippen LogP contribution in [0.2, 0.25) is 0 Å². The summed E-state index contributed by atoms with van der Waals surface area (Å²) in [7, 11) is 4.06. The lowest BCUT2D eigenvalue weighted by molar-refractivity contribution is 0.261. The van der Waals surface area contributed by atoms with Crippen molar-refractivity contribution in [1.29, 1.82) is 0 Å². The summed E-state index contributed by atoms with van der Waals surface area (Å²) in [4.78, 5) is 6.22. The Bertz CT molecular complexity index is 302. The number of rotatable bonds is 7. The van der Waals surface area contributed by atoms with Crippen molar-refractivity contribution in [2.45, 2.75) is 13.3 Å². The maximum atomic E-state index is 5.59. The van der Waals surface area contributed by atoms with Gasteiger partial charge in [0, 0.05) is 19.2 Å². The van der Waals surface area contributed by atoms with Gasteiger partial charge in [-0.3, -0.25) is 4.98 Å². The first-order chi connectivity index (χ1) is 7.72. The Morgan fingerprint density at radius 2 is 2.19 bits per heavy atom. The third kappa shape index (κ3) is 4.98. The van der Waals surface area contributed by atoms with Crippen LogP contribution in [-0.4, -0.2) is 43.7 Å². The molecule has 4 nitrogen and oxygen atoms in total. The molecule has 0 radical (unpaired) electrons. The number of pyridine rings is 1. The SMILES string of the molecule is CCCNc1cncc(OCCN(C)C)c1. The lowest BCUT2D eigenvalue weighted by Crippen LogP contribution is -2.19. The van der Waals surface area contributed by atoms with E-state index in [2.05, 4.69) is 22.1 Å². The van der Waals surface area contributed by atoms with Gasteiger partial charge in [-0.05, 0) is 20.5 Å². The quantitative estimate of drug-likeness (QED) is 0.765. The number of hydrogen-bond acceptors (Lipinski definition) is 4. The van der Waals surface area contributed by atoms with Gasteiger partial charge in [0.05, 0.1) is 18.1 Å². The van der Waals surface area contributed by atoms with Gasteiger partial charge in [0.1, 0.15) is 12.4 Å². The molecule has 1 heterocycles. The van der Waals surface area contributed by atoms with Crippen LogP contribution in [0.5, 0.6) is 5.75 Å². The Morgan fingerprint density at radius 3 is 2.88 bits per heavy atom. The number of hydrogen-bond donors (Lipinski definition) is 1. The van der Waals surface area contributed by atoms with Crippen LogP contribution < -0.4 is 10.1 Å². The summed E-state index contributed by atoms with van der Waals surface area (Å²) in [5.74, 6) is 0.822. The second-order valence-electron chi connectivity index (χ2n) is 3.99. The smallest absolute Gasteiger partial charge is 0.139 e.